The van der Waals surface area contributed by atoms with E-state index >= 15 is 0 Å². The summed E-state index contributed by atoms with van der Waals surface area (Å²) in [6.45, 7) is 3.67. The van der Waals surface area contributed by atoms with Crippen LogP contribution in [0.1, 0.15) is 17.2 Å². The van der Waals surface area contributed by atoms with Gasteiger partial charge in [-0.15, -0.1) is 0 Å². The Morgan fingerprint density at radius 2 is 1.75 bits per heavy atom. The molecule has 7 heteroatoms. The molecule has 0 saturated carbocycles. The summed E-state index contributed by atoms with van der Waals surface area (Å²) in [5, 5.41) is 1.38. The third kappa shape index (κ3) is 3.76. The molecule has 128 valence electrons. The number of hydrogen-bond acceptors (Lipinski definition) is 2. The number of anilines is 1. The zero-order chi connectivity index (χ0) is 17.3. The molecular formula is C17H18Cl2N2O2S. The highest BCUT2D eigenvalue weighted by Gasteiger charge is 2.31. The number of benzene rings is 2. The average molecular weight is 385 g/mol. The molecule has 1 heterocycles. The van der Waals surface area contributed by atoms with Gasteiger partial charge in [0.25, 0.3) is 0 Å². The van der Waals surface area contributed by atoms with E-state index in [-0.39, 0.29) is 6.04 Å². The first-order chi connectivity index (χ1) is 11.5. The molecule has 1 aliphatic heterocycles. The first kappa shape index (κ1) is 17.7. The van der Waals surface area contributed by atoms with Gasteiger partial charge in [-0.25, -0.2) is 4.21 Å². The predicted molar refractivity (Wildman–Crippen MR) is 100 cm³/mol. The van der Waals surface area contributed by atoms with Gasteiger partial charge in [-0.2, -0.15) is 4.31 Å². The minimum Gasteiger partial charge on any atom is -0.362 e. The molecule has 0 spiro atoms. The first-order valence-corrected chi connectivity index (χ1v) is 9.42. The number of rotatable bonds is 3. The molecule has 0 amide bonds. The number of aryl methyl sites for hydroxylation is 1. The predicted octanol–water partition coefficient (Wildman–Crippen LogP) is 4.30. The molecule has 0 radical (unpaired) electrons. The fourth-order valence-corrected chi connectivity index (χ4v) is 3.96. The fraction of sp³-hybridized carbons (Fsp3) is 0.294. The lowest BCUT2D eigenvalue weighted by Gasteiger charge is -2.42. The smallest absolute Gasteiger partial charge is 0.234 e. The standard InChI is InChI=1S/C17H18Cl2N2O2S/c1-12-10-15(19)6-7-16(12)21-9-8-20(24(22)23)11-17(21)13-2-4-14(18)5-3-13/h2-7,10,17H,8-9,11H2,1H3,(H,22,23). The largest absolute Gasteiger partial charge is 0.362 e. The molecule has 1 aliphatic rings. The molecule has 24 heavy (non-hydrogen) atoms. The van der Waals surface area contributed by atoms with Crippen molar-refractivity contribution < 1.29 is 8.76 Å². The van der Waals surface area contributed by atoms with E-state index in [9.17, 15) is 8.76 Å². The van der Waals surface area contributed by atoms with Crippen LogP contribution in [0, 0.1) is 6.92 Å². The van der Waals surface area contributed by atoms with Crippen molar-refractivity contribution in [2.24, 2.45) is 0 Å². The van der Waals surface area contributed by atoms with Crippen molar-refractivity contribution in [3.8, 4) is 0 Å². The summed E-state index contributed by atoms with van der Waals surface area (Å²) in [7, 11) is 0. The molecule has 3 rings (SSSR count). The quantitative estimate of drug-likeness (QED) is 0.802. The topological polar surface area (TPSA) is 43.8 Å². The van der Waals surface area contributed by atoms with Crippen LogP contribution < -0.4 is 4.90 Å². The summed E-state index contributed by atoms with van der Waals surface area (Å²) in [6, 6.07) is 13.4. The Bertz CT molecular complexity index is 755. The Hall–Kier alpha value is -1.11. The van der Waals surface area contributed by atoms with E-state index in [0.29, 0.717) is 29.7 Å². The highest BCUT2D eigenvalue weighted by atomic mass is 35.5. The summed E-state index contributed by atoms with van der Waals surface area (Å²) >= 11 is 10.1. The Kier molecular flexibility index (Phi) is 5.47. The Balaban J connectivity index is 1.99. The van der Waals surface area contributed by atoms with Gasteiger partial charge in [-0.1, -0.05) is 35.3 Å². The van der Waals surface area contributed by atoms with Gasteiger partial charge in [-0.3, -0.25) is 4.55 Å². The molecule has 1 N–H and O–H groups in total. The zero-order valence-corrected chi connectivity index (χ0v) is 15.5. The molecule has 0 aliphatic carbocycles. The normalized spacial score (nSPS) is 20.2. The van der Waals surface area contributed by atoms with Gasteiger partial charge >= 0.3 is 0 Å². The molecule has 0 aromatic heterocycles. The van der Waals surface area contributed by atoms with Crippen molar-refractivity contribution >= 4 is 40.2 Å². The van der Waals surface area contributed by atoms with E-state index in [4.69, 9.17) is 23.2 Å². The van der Waals surface area contributed by atoms with Crippen LogP contribution in [0.5, 0.6) is 0 Å². The SMILES string of the molecule is Cc1cc(Cl)ccc1N1CCN(S(=O)O)CC1c1ccc(Cl)cc1. The van der Waals surface area contributed by atoms with E-state index in [1.54, 1.807) is 4.31 Å². The number of halogens is 2. The molecular weight excluding hydrogens is 367 g/mol. The van der Waals surface area contributed by atoms with Crippen molar-refractivity contribution in [3.05, 3.63) is 63.6 Å². The van der Waals surface area contributed by atoms with Crippen molar-refractivity contribution in [2.75, 3.05) is 24.5 Å². The highest BCUT2D eigenvalue weighted by molar-refractivity contribution is 7.76. The van der Waals surface area contributed by atoms with Crippen LogP contribution in [0.3, 0.4) is 0 Å². The fourth-order valence-electron chi connectivity index (χ4n) is 3.10. The maximum atomic E-state index is 11.5. The van der Waals surface area contributed by atoms with Gasteiger partial charge < -0.3 is 4.90 Å². The summed E-state index contributed by atoms with van der Waals surface area (Å²) in [4.78, 5) is 2.26. The van der Waals surface area contributed by atoms with Crippen LogP contribution in [0.15, 0.2) is 42.5 Å². The lowest BCUT2D eigenvalue weighted by atomic mass is 10.0. The van der Waals surface area contributed by atoms with Gasteiger partial charge in [0.1, 0.15) is 0 Å². The second-order valence-electron chi connectivity index (χ2n) is 5.81. The number of nitrogens with zero attached hydrogens (tertiary/aromatic N) is 2. The summed E-state index contributed by atoms with van der Waals surface area (Å²) in [5.74, 6) is 0. The molecule has 1 saturated heterocycles. The zero-order valence-electron chi connectivity index (χ0n) is 13.2. The number of piperazine rings is 1. The first-order valence-electron chi connectivity index (χ1n) is 7.60. The third-order valence-corrected chi connectivity index (χ3v) is 5.55. The van der Waals surface area contributed by atoms with Gasteiger partial charge in [0.15, 0.2) is 0 Å². The van der Waals surface area contributed by atoms with Crippen LogP contribution in [-0.2, 0) is 11.3 Å². The van der Waals surface area contributed by atoms with Gasteiger partial charge in [-0.05, 0) is 48.4 Å². The second-order valence-corrected chi connectivity index (χ2v) is 7.66. The lowest BCUT2D eigenvalue weighted by Crippen LogP contribution is -2.49. The van der Waals surface area contributed by atoms with Crippen molar-refractivity contribution in [1.29, 1.82) is 0 Å². The van der Waals surface area contributed by atoms with Crippen molar-refractivity contribution in [3.63, 3.8) is 0 Å². The minimum absolute atomic E-state index is 0.0352. The number of hydrogen-bond donors (Lipinski definition) is 1. The van der Waals surface area contributed by atoms with Crippen LogP contribution in [0.25, 0.3) is 0 Å². The van der Waals surface area contributed by atoms with Crippen molar-refractivity contribution in [2.45, 2.75) is 13.0 Å². The monoisotopic (exact) mass is 384 g/mol. The summed E-state index contributed by atoms with van der Waals surface area (Å²) < 4.78 is 22.6. The second kappa shape index (κ2) is 7.42. The van der Waals surface area contributed by atoms with E-state index in [2.05, 4.69) is 4.90 Å². The Labute approximate surface area is 154 Å². The van der Waals surface area contributed by atoms with Gasteiger partial charge in [0.05, 0.1) is 6.04 Å². The molecule has 2 unspecified atom stereocenters. The van der Waals surface area contributed by atoms with Crippen LogP contribution in [0.4, 0.5) is 5.69 Å². The van der Waals surface area contributed by atoms with Gasteiger partial charge in [0.2, 0.25) is 11.3 Å². The van der Waals surface area contributed by atoms with Crippen LogP contribution >= 0.6 is 23.2 Å². The molecule has 1 fully saturated rings. The minimum atomic E-state index is -1.97. The summed E-state index contributed by atoms with van der Waals surface area (Å²) in [6.07, 6.45) is 0. The molecule has 2 aromatic rings. The molecule has 2 aromatic carbocycles. The van der Waals surface area contributed by atoms with Crippen LogP contribution in [-0.4, -0.2) is 32.7 Å². The van der Waals surface area contributed by atoms with E-state index in [1.807, 2.05) is 49.4 Å². The molecule has 4 nitrogen and oxygen atoms in total. The van der Waals surface area contributed by atoms with E-state index in [1.165, 1.54) is 0 Å². The van der Waals surface area contributed by atoms with Crippen LogP contribution in [0.2, 0.25) is 10.0 Å². The maximum absolute atomic E-state index is 11.5. The lowest BCUT2D eigenvalue weighted by molar-refractivity contribution is 0.328. The Morgan fingerprint density at radius 1 is 1.08 bits per heavy atom. The molecule has 2 atom stereocenters. The highest BCUT2D eigenvalue weighted by Crippen LogP contribution is 2.34. The Morgan fingerprint density at radius 3 is 2.38 bits per heavy atom. The maximum Gasteiger partial charge on any atom is 0.234 e. The average Bonchev–Trinajstić information content (AvgIpc) is 2.55. The third-order valence-electron chi connectivity index (χ3n) is 4.29. The van der Waals surface area contributed by atoms with Crippen molar-refractivity contribution in [1.82, 2.24) is 4.31 Å². The molecule has 0 bridgehead atoms. The summed E-state index contributed by atoms with van der Waals surface area (Å²) in [5.41, 5.74) is 3.23. The van der Waals surface area contributed by atoms with E-state index in [0.717, 1.165) is 16.8 Å². The van der Waals surface area contributed by atoms with E-state index < -0.39 is 11.3 Å². The van der Waals surface area contributed by atoms with Gasteiger partial charge in [0, 0.05) is 35.4 Å².